The Labute approximate surface area is 220 Å². The maximum absolute atomic E-state index is 13.5. The van der Waals surface area contributed by atoms with E-state index in [9.17, 15) is 31.1 Å². The van der Waals surface area contributed by atoms with Crippen LogP contribution in [-0.4, -0.2) is 46.4 Å². The van der Waals surface area contributed by atoms with E-state index in [2.05, 4.69) is 9.88 Å². The van der Waals surface area contributed by atoms with E-state index in [0.29, 0.717) is 38.2 Å². The fourth-order valence-electron chi connectivity index (χ4n) is 5.14. The van der Waals surface area contributed by atoms with Gasteiger partial charge in [0.25, 0.3) is 5.91 Å². The van der Waals surface area contributed by atoms with Gasteiger partial charge >= 0.3 is 12.4 Å². The van der Waals surface area contributed by atoms with Crippen molar-refractivity contribution in [3.05, 3.63) is 107 Å². The summed E-state index contributed by atoms with van der Waals surface area (Å²) in [5.41, 5.74) is -0.658. The molecule has 1 fully saturated rings. The van der Waals surface area contributed by atoms with E-state index in [1.54, 1.807) is 0 Å². The van der Waals surface area contributed by atoms with E-state index in [0.717, 1.165) is 22.0 Å². The first-order valence-corrected chi connectivity index (χ1v) is 12.4. The van der Waals surface area contributed by atoms with Crippen molar-refractivity contribution in [2.24, 2.45) is 0 Å². The van der Waals surface area contributed by atoms with Crippen LogP contribution in [0.5, 0.6) is 0 Å². The highest BCUT2D eigenvalue weighted by Gasteiger charge is 2.39. The van der Waals surface area contributed by atoms with Crippen molar-refractivity contribution in [1.29, 1.82) is 0 Å². The number of piperazine rings is 1. The number of alkyl halides is 6. The standard InChI is InChI=1S/C29H25F6N3O/c30-28(31,32)22-13-20(14-23(15-22)29(33,34)35)27(39)38-11-10-37(18-24(38)12-19-6-2-1-3-7-19)17-21-16-36-26-9-5-4-8-25(21)26/h1-9,13-16,24,36H,10-12,17-18H2/t24-/m1/s1. The molecule has 2 heterocycles. The fourth-order valence-corrected chi connectivity index (χ4v) is 5.14. The molecule has 1 saturated heterocycles. The number of nitrogens with zero attached hydrogens (tertiary/aromatic N) is 2. The van der Waals surface area contributed by atoms with Crippen LogP contribution in [0.2, 0.25) is 0 Å². The summed E-state index contributed by atoms with van der Waals surface area (Å²) in [5, 5.41) is 1.07. The predicted octanol–water partition coefficient (Wildman–Crippen LogP) is 6.77. The van der Waals surface area contributed by atoms with Gasteiger partial charge in [-0.05, 0) is 41.8 Å². The third-order valence-electron chi connectivity index (χ3n) is 7.05. The van der Waals surface area contributed by atoms with Crippen LogP contribution in [0.4, 0.5) is 26.3 Å². The average Bonchev–Trinajstić information content (AvgIpc) is 3.30. The Kier molecular flexibility index (Phi) is 7.15. The third kappa shape index (κ3) is 5.95. The first-order valence-electron chi connectivity index (χ1n) is 12.4. The number of amides is 1. The molecule has 5 rings (SSSR count). The molecule has 1 amide bonds. The van der Waals surface area contributed by atoms with Crippen LogP contribution in [0.25, 0.3) is 10.9 Å². The van der Waals surface area contributed by atoms with Gasteiger partial charge in [-0.15, -0.1) is 0 Å². The molecule has 0 unspecified atom stereocenters. The fraction of sp³-hybridized carbons (Fsp3) is 0.276. The number of fused-ring (bicyclic) bond motifs is 1. The Morgan fingerprint density at radius 2 is 1.49 bits per heavy atom. The number of carbonyl (C=O) groups is 1. The number of hydrogen-bond donors (Lipinski definition) is 1. The molecular weight excluding hydrogens is 520 g/mol. The molecule has 0 spiro atoms. The van der Waals surface area contributed by atoms with Crippen molar-refractivity contribution >= 4 is 16.8 Å². The Hall–Kier alpha value is -3.79. The van der Waals surface area contributed by atoms with Crippen molar-refractivity contribution in [2.45, 2.75) is 31.4 Å². The van der Waals surface area contributed by atoms with E-state index >= 15 is 0 Å². The molecule has 4 aromatic rings. The van der Waals surface area contributed by atoms with Crippen LogP contribution in [0.15, 0.2) is 79.0 Å². The third-order valence-corrected chi connectivity index (χ3v) is 7.05. The van der Waals surface area contributed by atoms with Gasteiger partial charge in [-0.3, -0.25) is 9.69 Å². The second kappa shape index (κ2) is 10.4. The maximum atomic E-state index is 13.5. The number of H-pyrrole nitrogens is 1. The summed E-state index contributed by atoms with van der Waals surface area (Å²) >= 11 is 0. The lowest BCUT2D eigenvalue weighted by molar-refractivity contribution is -0.143. The second-order valence-corrected chi connectivity index (χ2v) is 9.73. The summed E-state index contributed by atoms with van der Waals surface area (Å²) in [7, 11) is 0. The predicted molar refractivity (Wildman–Crippen MR) is 135 cm³/mol. The minimum absolute atomic E-state index is 0.0391. The highest BCUT2D eigenvalue weighted by atomic mass is 19.4. The lowest BCUT2D eigenvalue weighted by Crippen LogP contribution is -2.55. The van der Waals surface area contributed by atoms with E-state index in [4.69, 9.17) is 0 Å². The summed E-state index contributed by atoms with van der Waals surface area (Å²) in [6, 6.07) is 17.8. The highest BCUT2D eigenvalue weighted by Crippen LogP contribution is 2.37. The Morgan fingerprint density at radius 3 is 2.15 bits per heavy atom. The molecule has 0 aliphatic carbocycles. The average molecular weight is 546 g/mol. The number of para-hydroxylation sites is 1. The molecule has 0 saturated carbocycles. The van der Waals surface area contributed by atoms with Gasteiger partial charge in [0.1, 0.15) is 0 Å². The number of rotatable bonds is 5. The Bertz CT molecular complexity index is 1430. The van der Waals surface area contributed by atoms with Crippen molar-refractivity contribution in [3.63, 3.8) is 0 Å². The lowest BCUT2D eigenvalue weighted by Gasteiger charge is -2.42. The molecular formula is C29H25F6N3O. The first kappa shape index (κ1) is 26.8. The van der Waals surface area contributed by atoms with Crippen molar-refractivity contribution in [2.75, 3.05) is 19.6 Å². The molecule has 3 aromatic carbocycles. The number of benzene rings is 3. The summed E-state index contributed by atoms with van der Waals surface area (Å²) < 4.78 is 80.7. The number of aromatic amines is 1. The molecule has 10 heteroatoms. The van der Waals surface area contributed by atoms with Gasteiger partial charge in [-0.25, -0.2) is 0 Å². The largest absolute Gasteiger partial charge is 0.416 e. The number of hydrogen-bond acceptors (Lipinski definition) is 2. The lowest BCUT2D eigenvalue weighted by atomic mass is 9.99. The van der Waals surface area contributed by atoms with Gasteiger partial charge in [0, 0.05) is 54.9 Å². The van der Waals surface area contributed by atoms with Crippen molar-refractivity contribution < 1.29 is 31.1 Å². The normalized spacial score (nSPS) is 17.1. The minimum atomic E-state index is -5.03. The quantitative estimate of drug-likeness (QED) is 0.281. The van der Waals surface area contributed by atoms with Crippen LogP contribution in [-0.2, 0) is 25.3 Å². The summed E-state index contributed by atoms with van der Waals surface area (Å²) in [5.74, 6) is -0.848. The Balaban J connectivity index is 1.44. The van der Waals surface area contributed by atoms with Crippen molar-refractivity contribution in [3.8, 4) is 0 Å². The van der Waals surface area contributed by atoms with Crippen LogP contribution in [0.1, 0.15) is 32.6 Å². The van der Waals surface area contributed by atoms with E-state index in [1.807, 2.05) is 60.8 Å². The van der Waals surface area contributed by atoms with Gasteiger partial charge in [0.2, 0.25) is 0 Å². The van der Waals surface area contributed by atoms with Crippen LogP contribution >= 0.6 is 0 Å². The maximum Gasteiger partial charge on any atom is 0.416 e. The zero-order valence-corrected chi connectivity index (χ0v) is 20.7. The second-order valence-electron chi connectivity index (χ2n) is 9.73. The Morgan fingerprint density at radius 1 is 0.846 bits per heavy atom. The van der Waals surface area contributed by atoms with E-state index < -0.39 is 41.0 Å². The summed E-state index contributed by atoms with van der Waals surface area (Å²) in [4.78, 5) is 20.3. The van der Waals surface area contributed by atoms with Crippen LogP contribution in [0, 0.1) is 0 Å². The zero-order chi connectivity index (χ0) is 27.8. The van der Waals surface area contributed by atoms with Gasteiger partial charge in [0.15, 0.2) is 0 Å². The summed E-state index contributed by atoms with van der Waals surface area (Å²) in [6.07, 6.45) is -7.73. The van der Waals surface area contributed by atoms with Crippen molar-refractivity contribution in [1.82, 2.24) is 14.8 Å². The molecule has 4 nitrogen and oxygen atoms in total. The monoisotopic (exact) mass is 545 g/mol. The van der Waals surface area contributed by atoms with Gasteiger partial charge < -0.3 is 9.88 Å². The van der Waals surface area contributed by atoms with Crippen LogP contribution in [0.3, 0.4) is 0 Å². The molecule has 1 aliphatic rings. The number of carbonyl (C=O) groups excluding carboxylic acids is 1. The first-order chi connectivity index (χ1) is 18.5. The molecule has 1 aliphatic heterocycles. The minimum Gasteiger partial charge on any atom is -0.361 e. The smallest absolute Gasteiger partial charge is 0.361 e. The molecule has 0 bridgehead atoms. The van der Waals surface area contributed by atoms with Crippen LogP contribution < -0.4 is 0 Å². The SMILES string of the molecule is O=C(c1cc(C(F)(F)F)cc(C(F)(F)F)c1)N1CCN(Cc2c[nH]c3ccccc23)C[C@H]1Cc1ccccc1. The molecule has 0 radical (unpaired) electrons. The topological polar surface area (TPSA) is 39.3 Å². The summed E-state index contributed by atoms with van der Waals surface area (Å²) in [6.45, 7) is 1.57. The number of nitrogens with one attached hydrogen (secondary N) is 1. The molecule has 39 heavy (non-hydrogen) atoms. The van der Waals surface area contributed by atoms with Gasteiger partial charge in [-0.1, -0.05) is 48.5 Å². The van der Waals surface area contributed by atoms with E-state index in [1.165, 1.54) is 4.90 Å². The highest BCUT2D eigenvalue weighted by molar-refractivity contribution is 5.95. The zero-order valence-electron chi connectivity index (χ0n) is 20.7. The molecule has 204 valence electrons. The number of aromatic nitrogens is 1. The molecule has 1 aromatic heterocycles. The van der Waals surface area contributed by atoms with Gasteiger partial charge in [-0.2, -0.15) is 26.3 Å². The van der Waals surface area contributed by atoms with Gasteiger partial charge in [0.05, 0.1) is 11.1 Å². The number of halogens is 6. The van der Waals surface area contributed by atoms with E-state index in [-0.39, 0.29) is 12.6 Å². The molecule has 1 N–H and O–H groups in total. The molecule has 1 atom stereocenters.